The lowest BCUT2D eigenvalue weighted by Crippen LogP contribution is -2.46. The quantitative estimate of drug-likeness (QED) is 0.790. The van der Waals surface area contributed by atoms with E-state index in [2.05, 4.69) is 5.10 Å². The second-order valence-electron chi connectivity index (χ2n) is 4.69. The predicted molar refractivity (Wildman–Crippen MR) is 71.9 cm³/mol. The highest BCUT2D eigenvalue weighted by atomic mass is 16.2. The second-order valence-corrected chi connectivity index (χ2v) is 4.69. The molecule has 0 radical (unpaired) electrons. The van der Waals surface area contributed by atoms with Crippen molar-refractivity contribution in [3.05, 3.63) is 18.5 Å². The zero-order chi connectivity index (χ0) is 13.6. The largest absolute Gasteiger partial charge is 0.343 e. The fraction of sp³-hybridized carbons (Fsp3) is 0.692. The molecule has 1 rings (SSSR count). The topological polar surface area (TPSA) is 64.2 Å². The van der Waals surface area contributed by atoms with Crippen LogP contribution in [0, 0.1) is 5.41 Å². The summed E-state index contributed by atoms with van der Waals surface area (Å²) in [6.45, 7) is 5.82. The monoisotopic (exact) mass is 252 g/mol. The Morgan fingerprint density at radius 3 is 2.56 bits per heavy atom. The normalized spacial score (nSPS) is 11.6. The van der Waals surface area contributed by atoms with Crippen molar-refractivity contribution in [2.24, 2.45) is 11.1 Å². The van der Waals surface area contributed by atoms with E-state index in [-0.39, 0.29) is 5.91 Å². The van der Waals surface area contributed by atoms with Gasteiger partial charge in [0.1, 0.15) is 0 Å². The molecule has 0 saturated heterocycles. The molecule has 1 aromatic heterocycles. The van der Waals surface area contributed by atoms with Crippen LogP contribution in [0.4, 0.5) is 0 Å². The van der Waals surface area contributed by atoms with Crippen LogP contribution in [0.15, 0.2) is 18.5 Å². The number of hydrogen-bond donors (Lipinski definition) is 1. The smallest absolute Gasteiger partial charge is 0.229 e. The molecule has 0 unspecified atom stereocenters. The van der Waals surface area contributed by atoms with Gasteiger partial charge in [0.05, 0.1) is 12.0 Å². The predicted octanol–water partition coefficient (Wildman–Crippen LogP) is 1.11. The van der Waals surface area contributed by atoms with Crippen LogP contribution in [0.3, 0.4) is 0 Å². The molecule has 0 spiro atoms. The number of likely N-dealkylation sites (N-methyl/N-ethyl adjacent to an activating group) is 1. The van der Waals surface area contributed by atoms with Gasteiger partial charge >= 0.3 is 0 Å². The number of nitrogens with two attached hydrogens (primary N) is 1. The molecule has 0 bridgehead atoms. The van der Waals surface area contributed by atoms with E-state index in [1.807, 2.05) is 37.8 Å². The molecule has 5 heteroatoms. The standard InChI is InChI=1S/C13H24N4O/c1-4-13(5-2,11-14)12(18)16(3)9-10-17-8-6-7-15-17/h6-8H,4-5,9-11,14H2,1-3H3. The van der Waals surface area contributed by atoms with Crippen LogP contribution in [0.2, 0.25) is 0 Å². The molecule has 0 saturated carbocycles. The van der Waals surface area contributed by atoms with E-state index in [0.29, 0.717) is 19.6 Å². The van der Waals surface area contributed by atoms with E-state index in [0.717, 1.165) is 12.8 Å². The lowest BCUT2D eigenvalue weighted by molar-refractivity contribution is -0.140. The number of rotatable bonds is 7. The maximum Gasteiger partial charge on any atom is 0.229 e. The number of nitrogens with zero attached hydrogens (tertiary/aromatic N) is 3. The molecule has 1 aromatic rings. The first kappa shape index (κ1) is 14.7. The Bertz CT molecular complexity index is 349. The van der Waals surface area contributed by atoms with Gasteiger partial charge in [-0.2, -0.15) is 5.10 Å². The van der Waals surface area contributed by atoms with Gasteiger partial charge in [0.15, 0.2) is 0 Å². The average Bonchev–Trinajstić information content (AvgIpc) is 2.91. The Balaban J connectivity index is 2.59. The molecule has 0 aliphatic carbocycles. The van der Waals surface area contributed by atoms with E-state index < -0.39 is 5.41 Å². The van der Waals surface area contributed by atoms with Crippen LogP contribution in [0.25, 0.3) is 0 Å². The molecule has 2 N–H and O–H groups in total. The van der Waals surface area contributed by atoms with Gasteiger partial charge in [0.2, 0.25) is 5.91 Å². The van der Waals surface area contributed by atoms with E-state index in [9.17, 15) is 4.79 Å². The van der Waals surface area contributed by atoms with E-state index in [1.165, 1.54) is 0 Å². The highest BCUT2D eigenvalue weighted by Crippen LogP contribution is 2.27. The summed E-state index contributed by atoms with van der Waals surface area (Å²) in [5.74, 6) is 0.141. The number of aromatic nitrogens is 2. The van der Waals surface area contributed by atoms with Crippen LogP contribution in [-0.2, 0) is 11.3 Å². The fourth-order valence-corrected chi connectivity index (χ4v) is 2.12. The molecule has 1 heterocycles. The molecule has 0 aliphatic rings. The molecule has 0 atom stereocenters. The lowest BCUT2D eigenvalue weighted by atomic mass is 9.81. The van der Waals surface area contributed by atoms with Gasteiger partial charge in [0.25, 0.3) is 0 Å². The minimum absolute atomic E-state index is 0.141. The van der Waals surface area contributed by atoms with E-state index in [4.69, 9.17) is 5.73 Å². The minimum Gasteiger partial charge on any atom is -0.343 e. The van der Waals surface area contributed by atoms with Gasteiger partial charge in [-0.1, -0.05) is 13.8 Å². The first-order valence-corrected chi connectivity index (χ1v) is 6.52. The van der Waals surface area contributed by atoms with Crippen molar-refractivity contribution in [2.45, 2.75) is 33.2 Å². The van der Waals surface area contributed by atoms with Crippen LogP contribution >= 0.6 is 0 Å². The van der Waals surface area contributed by atoms with Crippen LogP contribution in [0.1, 0.15) is 26.7 Å². The summed E-state index contributed by atoms with van der Waals surface area (Å²) in [6, 6.07) is 1.88. The Morgan fingerprint density at radius 2 is 2.11 bits per heavy atom. The van der Waals surface area contributed by atoms with Crippen molar-refractivity contribution < 1.29 is 4.79 Å². The van der Waals surface area contributed by atoms with Gasteiger partial charge in [-0.3, -0.25) is 9.48 Å². The molecule has 5 nitrogen and oxygen atoms in total. The highest BCUT2D eigenvalue weighted by molar-refractivity contribution is 5.82. The molecular weight excluding hydrogens is 228 g/mol. The Labute approximate surface area is 109 Å². The van der Waals surface area contributed by atoms with Crippen molar-refractivity contribution in [2.75, 3.05) is 20.1 Å². The Kier molecular flexibility index (Phi) is 5.34. The summed E-state index contributed by atoms with van der Waals surface area (Å²) in [4.78, 5) is 14.2. The molecule has 1 amide bonds. The molecule has 102 valence electrons. The molecule has 18 heavy (non-hydrogen) atoms. The third-order valence-corrected chi connectivity index (χ3v) is 3.77. The van der Waals surface area contributed by atoms with Gasteiger partial charge in [-0.25, -0.2) is 0 Å². The van der Waals surface area contributed by atoms with E-state index in [1.54, 1.807) is 11.1 Å². The molecular formula is C13H24N4O. The number of carbonyl (C=O) groups excluding carboxylic acids is 1. The van der Waals surface area contributed by atoms with Crippen LogP contribution in [-0.4, -0.2) is 40.7 Å². The summed E-state index contributed by atoms with van der Waals surface area (Å²) in [5, 5.41) is 4.12. The summed E-state index contributed by atoms with van der Waals surface area (Å²) >= 11 is 0. The summed E-state index contributed by atoms with van der Waals surface area (Å²) in [7, 11) is 1.83. The van der Waals surface area contributed by atoms with Gasteiger partial charge in [0, 0.05) is 32.5 Å². The first-order valence-electron chi connectivity index (χ1n) is 6.52. The highest BCUT2D eigenvalue weighted by Gasteiger charge is 2.35. The van der Waals surface area contributed by atoms with Gasteiger partial charge in [-0.15, -0.1) is 0 Å². The van der Waals surface area contributed by atoms with Crippen molar-refractivity contribution >= 4 is 5.91 Å². The molecule has 0 fully saturated rings. The average molecular weight is 252 g/mol. The number of amides is 1. The SMILES string of the molecule is CCC(CC)(CN)C(=O)N(C)CCn1cccn1. The third kappa shape index (κ3) is 3.10. The number of carbonyl (C=O) groups is 1. The van der Waals surface area contributed by atoms with Crippen molar-refractivity contribution in [3.63, 3.8) is 0 Å². The third-order valence-electron chi connectivity index (χ3n) is 3.77. The van der Waals surface area contributed by atoms with Crippen LogP contribution in [0.5, 0.6) is 0 Å². The lowest BCUT2D eigenvalue weighted by Gasteiger charge is -2.33. The summed E-state index contributed by atoms with van der Waals surface area (Å²) in [5.41, 5.74) is 5.39. The Hall–Kier alpha value is -1.36. The first-order chi connectivity index (χ1) is 8.59. The summed E-state index contributed by atoms with van der Waals surface area (Å²) < 4.78 is 1.83. The van der Waals surface area contributed by atoms with Gasteiger partial charge in [-0.05, 0) is 18.9 Å². The second kappa shape index (κ2) is 6.54. The minimum atomic E-state index is -0.404. The van der Waals surface area contributed by atoms with E-state index >= 15 is 0 Å². The zero-order valence-electron chi connectivity index (χ0n) is 11.6. The summed E-state index contributed by atoms with van der Waals surface area (Å²) in [6.07, 6.45) is 5.20. The zero-order valence-corrected chi connectivity index (χ0v) is 11.6. The van der Waals surface area contributed by atoms with Crippen molar-refractivity contribution in [1.82, 2.24) is 14.7 Å². The van der Waals surface area contributed by atoms with Crippen molar-refractivity contribution in [1.29, 1.82) is 0 Å². The van der Waals surface area contributed by atoms with Gasteiger partial charge < -0.3 is 10.6 Å². The maximum atomic E-state index is 12.4. The van der Waals surface area contributed by atoms with Crippen LogP contribution < -0.4 is 5.73 Å². The number of hydrogen-bond acceptors (Lipinski definition) is 3. The Morgan fingerprint density at radius 1 is 1.44 bits per heavy atom. The molecule has 0 aromatic carbocycles. The fourth-order valence-electron chi connectivity index (χ4n) is 2.12. The van der Waals surface area contributed by atoms with Crippen molar-refractivity contribution in [3.8, 4) is 0 Å². The maximum absolute atomic E-state index is 12.4. The molecule has 0 aliphatic heterocycles.